The summed E-state index contributed by atoms with van der Waals surface area (Å²) in [5.74, 6) is 0. The van der Waals surface area contributed by atoms with Crippen molar-refractivity contribution in [1.82, 2.24) is 9.80 Å². The van der Waals surface area contributed by atoms with Gasteiger partial charge in [0, 0.05) is 47.6 Å². The summed E-state index contributed by atoms with van der Waals surface area (Å²) in [5.41, 5.74) is 4.18. The Balaban J connectivity index is 0.00000612. The second-order valence-electron chi connectivity index (χ2n) is 7.42. The van der Waals surface area contributed by atoms with Gasteiger partial charge in [0.1, 0.15) is 11.4 Å². The van der Waals surface area contributed by atoms with Gasteiger partial charge in [0.15, 0.2) is 0 Å². The molecule has 0 saturated heterocycles. The summed E-state index contributed by atoms with van der Waals surface area (Å²) in [5, 5.41) is 18.9. The molecule has 0 N–H and O–H groups in total. The maximum absolute atomic E-state index is 5.52. The Hall–Kier alpha value is -2.32. The third kappa shape index (κ3) is 9.00. The van der Waals surface area contributed by atoms with E-state index in [1.165, 1.54) is 5.56 Å². The summed E-state index contributed by atoms with van der Waals surface area (Å²) < 4.78 is 0. The minimum absolute atomic E-state index is 0. The minimum Gasteiger partial charge on any atom is -0.741 e. The molecule has 0 aromatic heterocycles. The van der Waals surface area contributed by atoms with Crippen molar-refractivity contribution in [3.05, 3.63) is 71.3 Å². The van der Waals surface area contributed by atoms with Gasteiger partial charge in [-0.1, -0.05) is 61.5 Å². The molecule has 191 valence electrons. The van der Waals surface area contributed by atoms with Crippen LogP contribution >= 0.6 is 0 Å². The Kier molecular flexibility index (Phi) is 14.4. The van der Waals surface area contributed by atoms with Crippen LogP contribution in [0.5, 0.6) is 0 Å². The monoisotopic (exact) mass is 557 g/mol. The quantitative estimate of drug-likeness (QED) is 0.138. The van der Waals surface area contributed by atoms with Crippen LogP contribution in [0, 0.1) is 0 Å². The molecule has 2 rings (SSSR count). The van der Waals surface area contributed by atoms with E-state index >= 15 is 0 Å². The number of benzene rings is 2. The topological polar surface area (TPSA) is 55.9 Å². The molecule has 0 aliphatic heterocycles. The number of nitrogens with zero attached hydrogens (tertiary/aromatic N) is 6. The first kappa shape index (κ1) is 30.7. The van der Waals surface area contributed by atoms with Crippen LogP contribution in [0.25, 0.3) is 0 Å². The predicted octanol–water partition coefficient (Wildman–Crippen LogP) is 4.84. The molecule has 0 spiro atoms. The van der Waals surface area contributed by atoms with Crippen LogP contribution in [0.3, 0.4) is 0 Å². The first-order valence-corrected chi connectivity index (χ1v) is 12.6. The molecule has 0 saturated carbocycles. The SMILES string of the molecule is CCc1ccc(C(=NN=C([S-])N(CC)CC)C(=NN=C([S-])N(CC)CC)c2ccccc2)cc1.[Cu+2]. The number of hydrogen-bond acceptors (Lipinski definition) is 6. The second-order valence-corrected chi connectivity index (χ2v) is 8.15. The Morgan fingerprint density at radius 1 is 0.600 bits per heavy atom. The van der Waals surface area contributed by atoms with Gasteiger partial charge in [0.05, 0.1) is 0 Å². The van der Waals surface area contributed by atoms with Gasteiger partial charge in [-0.3, -0.25) is 0 Å². The smallest absolute Gasteiger partial charge is 0.741 e. The van der Waals surface area contributed by atoms with E-state index in [-0.39, 0.29) is 17.1 Å². The molecule has 35 heavy (non-hydrogen) atoms. The maximum Gasteiger partial charge on any atom is 2.00 e. The normalized spacial score (nSPS) is 12.8. The molecule has 0 atom stereocenters. The summed E-state index contributed by atoms with van der Waals surface area (Å²) in [7, 11) is 0. The van der Waals surface area contributed by atoms with Crippen molar-refractivity contribution in [1.29, 1.82) is 0 Å². The largest absolute Gasteiger partial charge is 2.00 e. The van der Waals surface area contributed by atoms with Gasteiger partial charge in [0.25, 0.3) is 0 Å². The average Bonchev–Trinajstić information content (AvgIpc) is 2.88. The molecule has 0 heterocycles. The number of aryl methyl sites for hydroxylation is 1. The molecule has 0 amide bonds. The fourth-order valence-electron chi connectivity index (χ4n) is 3.28. The third-order valence-electron chi connectivity index (χ3n) is 5.45. The van der Waals surface area contributed by atoms with Crippen LogP contribution in [0.15, 0.2) is 75.0 Å². The van der Waals surface area contributed by atoms with Crippen molar-refractivity contribution in [3.63, 3.8) is 0 Å². The van der Waals surface area contributed by atoms with Crippen molar-refractivity contribution in [2.75, 3.05) is 26.2 Å². The Labute approximate surface area is 232 Å². The van der Waals surface area contributed by atoms with Gasteiger partial charge >= 0.3 is 17.1 Å². The van der Waals surface area contributed by atoms with Gasteiger partial charge in [-0.2, -0.15) is 10.2 Å². The van der Waals surface area contributed by atoms with E-state index in [1.54, 1.807) is 0 Å². The van der Waals surface area contributed by atoms with E-state index in [4.69, 9.17) is 25.3 Å². The minimum atomic E-state index is 0. The standard InChI is InChI=1S/C26H36N6S2.Cu/c1-6-20-16-18-22(19-17-20)24(28-30-26(34)32(9-4)10-5)23(21-14-12-11-13-15-21)27-29-25(33)31(7-2)8-3;/h11-19H,6-10H2,1-5H3,(H,29,33)(H,30,34);/q;+2/p-2. The van der Waals surface area contributed by atoms with E-state index in [1.807, 2.05) is 80.0 Å². The van der Waals surface area contributed by atoms with E-state index in [0.717, 1.165) is 43.7 Å². The summed E-state index contributed by atoms with van der Waals surface area (Å²) in [4.78, 5) is 3.96. The van der Waals surface area contributed by atoms with Gasteiger partial charge in [-0.15, -0.1) is 10.2 Å². The molecule has 0 unspecified atom stereocenters. The van der Waals surface area contributed by atoms with E-state index in [2.05, 4.69) is 39.5 Å². The average molecular weight is 558 g/mol. The molecule has 2 aromatic carbocycles. The Morgan fingerprint density at radius 2 is 1.00 bits per heavy atom. The van der Waals surface area contributed by atoms with Crippen LogP contribution < -0.4 is 0 Å². The Bertz CT molecular complexity index is 1010. The van der Waals surface area contributed by atoms with Crippen molar-refractivity contribution in [3.8, 4) is 0 Å². The summed E-state index contributed by atoms with van der Waals surface area (Å²) in [6.07, 6.45) is 0.955. The zero-order valence-corrected chi connectivity index (χ0v) is 23.6. The van der Waals surface area contributed by atoms with Crippen LogP contribution in [0.1, 0.15) is 51.3 Å². The van der Waals surface area contributed by atoms with Crippen LogP contribution in [-0.4, -0.2) is 57.7 Å². The van der Waals surface area contributed by atoms with Crippen molar-refractivity contribution >= 4 is 47.0 Å². The van der Waals surface area contributed by atoms with Crippen LogP contribution in [-0.2, 0) is 48.7 Å². The van der Waals surface area contributed by atoms with Crippen LogP contribution in [0.4, 0.5) is 0 Å². The molecule has 0 bridgehead atoms. The van der Waals surface area contributed by atoms with Gasteiger partial charge < -0.3 is 35.1 Å². The Morgan fingerprint density at radius 3 is 1.37 bits per heavy atom. The van der Waals surface area contributed by atoms with Gasteiger partial charge in [0.2, 0.25) is 0 Å². The van der Waals surface area contributed by atoms with Crippen molar-refractivity contribution < 1.29 is 17.1 Å². The zero-order valence-electron chi connectivity index (χ0n) is 21.0. The molecule has 0 aliphatic rings. The van der Waals surface area contributed by atoms with Crippen molar-refractivity contribution in [2.24, 2.45) is 20.4 Å². The zero-order chi connectivity index (χ0) is 24.9. The fraction of sp³-hybridized carbons (Fsp3) is 0.385. The number of hydrogen-bond donors (Lipinski definition) is 0. The van der Waals surface area contributed by atoms with Gasteiger partial charge in [-0.25, -0.2) is 0 Å². The maximum atomic E-state index is 5.52. The molecule has 2 aromatic rings. The first-order chi connectivity index (χ1) is 16.5. The van der Waals surface area contributed by atoms with Gasteiger partial charge in [-0.05, 0) is 39.7 Å². The molecular formula is C26H34CuN6S2. The summed E-state index contributed by atoms with van der Waals surface area (Å²) >= 11 is 11.0. The third-order valence-corrected chi connectivity index (χ3v) is 6.13. The van der Waals surface area contributed by atoms with E-state index < -0.39 is 0 Å². The molecular weight excluding hydrogens is 524 g/mol. The number of amidine groups is 2. The molecule has 6 nitrogen and oxygen atoms in total. The van der Waals surface area contributed by atoms with E-state index in [0.29, 0.717) is 21.8 Å². The first-order valence-electron chi connectivity index (χ1n) is 11.8. The molecule has 9 heteroatoms. The molecule has 0 fully saturated rings. The predicted molar refractivity (Wildman–Crippen MR) is 151 cm³/mol. The number of rotatable bonds is 10. The van der Waals surface area contributed by atoms with Crippen molar-refractivity contribution in [2.45, 2.75) is 41.0 Å². The summed E-state index contributed by atoms with van der Waals surface area (Å²) in [6, 6.07) is 18.1. The fourth-order valence-corrected chi connectivity index (χ4v) is 3.88. The van der Waals surface area contributed by atoms with E-state index in [9.17, 15) is 0 Å². The van der Waals surface area contributed by atoms with Crippen LogP contribution in [0.2, 0.25) is 0 Å². The molecule has 0 aliphatic carbocycles. The molecule has 1 radical (unpaired) electrons. The second kappa shape index (κ2) is 16.4. The summed E-state index contributed by atoms with van der Waals surface area (Å²) in [6.45, 7) is 13.4.